The molecule has 0 radical (unpaired) electrons. The third-order valence-corrected chi connectivity index (χ3v) is 3.86. The van der Waals surface area contributed by atoms with Crippen LogP contribution in [0.1, 0.15) is 45.6 Å². The van der Waals surface area contributed by atoms with Crippen LogP contribution in [0.25, 0.3) is 0 Å². The summed E-state index contributed by atoms with van der Waals surface area (Å²) >= 11 is 6.28. The highest BCUT2D eigenvalue weighted by Gasteiger charge is 2.40. The second-order valence-electron chi connectivity index (χ2n) is 6.37. The molecule has 0 unspecified atom stereocenters. The van der Waals surface area contributed by atoms with E-state index >= 15 is 0 Å². The Morgan fingerprint density at radius 3 is 2.52 bits per heavy atom. The summed E-state index contributed by atoms with van der Waals surface area (Å²) in [5.74, 6) is 0. The lowest BCUT2D eigenvalue weighted by atomic mass is 9.65. The van der Waals surface area contributed by atoms with E-state index < -0.39 is 17.1 Å². The SMILES string of the molecule is CC(C)(C)OC(=O)Nc1ccc(C2(C#N)CCC2)c(Cl)c1. The maximum atomic E-state index is 11.7. The molecule has 0 aromatic heterocycles. The number of carbonyl (C=O) groups excluding carboxylic acids is 1. The monoisotopic (exact) mass is 306 g/mol. The summed E-state index contributed by atoms with van der Waals surface area (Å²) in [6.45, 7) is 5.40. The average Bonchev–Trinajstić information content (AvgIpc) is 2.28. The molecule has 1 aliphatic rings. The number of ether oxygens (including phenoxy) is 1. The van der Waals surface area contributed by atoms with Gasteiger partial charge in [0.15, 0.2) is 0 Å². The Morgan fingerprint density at radius 1 is 1.43 bits per heavy atom. The van der Waals surface area contributed by atoms with E-state index in [9.17, 15) is 10.1 Å². The summed E-state index contributed by atoms with van der Waals surface area (Å²) in [6.07, 6.45) is 2.19. The van der Waals surface area contributed by atoms with Gasteiger partial charge in [-0.15, -0.1) is 0 Å². The van der Waals surface area contributed by atoms with Crippen LogP contribution in [0.4, 0.5) is 10.5 Å². The number of rotatable bonds is 2. The molecule has 1 amide bonds. The Morgan fingerprint density at radius 2 is 2.10 bits per heavy atom. The van der Waals surface area contributed by atoms with E-state index in [1.54, 1.807) is 32.9 Å². The Balaban J connectivity index is 2.13. The van der Waals surface area contributed by atoms with E-state index in [0.717, 1.165) is 24.8 Å². The number of halogens is 1. The van der Waals surface area contributed by atoms with E-state index in [1.807, 2.05) is 6.07 Å². The van der Waals surface area contributed by atoms with Gasteiger partial charge in [-0.25, -0.2) is 4.79 Å². The Hall–Kier alpha value is -1.73. The van der Waals surface area contributed by atoms with E-state index in [2.05, 4.69) is 11.4 Å². The summed E-state index contributed by atoms with van der Waals surface area (Å²) in [5.41, 5.74) is 0.393. The van der Waals surface area contributed by atoms with Gasteiger partial charge in [0.25, 0.3) is 0 Å². The molecule has 112 valence electrons. The van der Waals surface area contributed by atoms with Gasteiger partial charge in [0, 0.05) is 10.7 Å². The molecule has 0 saturated heterocycles. The van der Waals surface area contributed by atoms with Gasteiger partial charge in [-0.3, -0.25) is 5.32 Å². The highest BCUT2D eigenvalue weighted by Crippen LogP contribution is 2.46. The van der Waals surface area contributed by atoms with Crippen LogP contribution in [0.2, 0.25) is 5.02 Å². The van der Waals surface area contributed by atoms with Crippen molar-refractivity contribution < 1.29 is 9.53 Å². The molecule has 0 bridgehead atoms. The van der Waals surface area contributed by atoms with Crippen LogP contribution in [0.15, 0.2) is 18.2 Å². The topological polar surface area (TPSA) is 62.1 Å². The van der Waals surface area contributed by atoms with Crippen molar-refractivity contribution in [1.82, 2.24) is 0 Å². The standard InChI is InChI=1S/C16H19ClN2O2/c1-15(2,3)21-14(20)19-11-5-6-12(13(17)9-11)16(10-18)7-4-8-16/h5-6,9H,4,7-8H2,1-3H3,(H,19,20). The summed E-state index contributed by atoms with van der Waals surface area (Å²) in [4.78, 5) is 11.7. The number of hydrogen-bond acceptors (Lipinski definition) is 3. The van der Waals surface area contributed by atoms with Gasteiger partial charge in [0.1, 0.15) is 5.60 Å². The van der Waals surface area contributed by atoms with Crippen molar-refractivity contribution in [1.29, 1.82) is 5.26 Å². The maximum absolute atomic E-state index is 11.7. The predicted molar refractivity (Wildman–Crippen MR) is 82.5 cm³/mol. The van der Waals surface area contributed by atoms with Gasteiger partial charge in [-0.1, -0.05) is 17.7 Å². The number of carbonyl (C=O) groups is 1. The summed E-state index contributed by atoms with van der Waals surface area (Å²) in [7, 11) is 0. The largest absolute Gasteiger partial charge is 0.444 e. The van der Waals surface area contributed by atoms with Crippen molar-refractivity contribution in [3.63, 3.8) is 0 Å². The fourth-order valence-corrected chi connectivity index (χ4v) is 2.74. The molecule has 0 spiro atoms. The lowest BCUT2D eigenvalue weighted by Gasteiger charge is -2.36. The van der Waals surface area contributed by atoms with Crippen LogP contribution in [-0.2, 0) is 10.2 Å². The zero-order chi connectivity index (χ0) is 15.7. The first-order valence-electron chi connectivity index (χ1n) is 6.97. The maximum Gasteiger partial charge on any atom is 0.412 e. The lowest BCUT2D eigenvalue weighted by molar-refractivity contribution is 0.0636. The highest BCUT2D eigenvalue weighted by molar-refractivity contribution is 6.31. The van der Waals surface area contributed by atoms with Crippen molar-refractivity contribution in [2.24, 2.45) is 0 Å². The van der Waals surface area contributed by atoms with Gasteiger partial charge in [-0.2, -0.15) is 5.26 Å². The molecule has 1 aromatic carbocycles. The molecule has 0 atom stereocenters. The van der Waals surface area contributed by atoms with Gasteiger partial charge < -0.3 is 4.74 Å². The minimum atomic E-state index is -0.551. The van der Waals surface area contributed by atoms with Gasteiger partial charge in [0.05, 0.1) is 11.5 Å². The molecule has 2 rings (SSSR count). The average molecular weight is 307 g/mol. The smallest absolute Gasteiger partial charge is 0.412 e. The van der Waals surface area contributed by atoms with E-state index in [0.29, 0.717) is 10.7 Å². The zero-order valence-electron chi connectivity index (χ0n) is 12.5. The third-order valence-electron chi connectivity index (χ3n) is 3.55. The summed E-state index contributed by atoms with van der Waals surface area (Å²) in [5, 5.41) is 12.5. The fourth-order valence-electron chi connectivity index (χ4n) is 2.37. The highest BCUT2D eigenvalue weighted by atomic mass is 35.5. The molecule has 0 heterocycles. The number of anilines is 1. The second-order valence-corrected chi connectivity index (χ2v) is 6.78. The number of amides is 1. The number of benzene rings is 1. The molecule has 1 aromatic rings. The molecular formula is C16H19ClN2O2. The van der Waals surface area contributed by atoms with Crippen molar-refractivity contribution in [3.8, 4) is 6.07 Å². The molecule has 0 aliphatic heterocycles. The minimum absolute atomic E-state index is 0.457. The van der Waals surface area contributed by atoms with E-state index in [-0.39, 0.29) is 0 Å². The second kappa shape index (κ2) is 5.57. The van der Waals surface area contributed by atoms with E-state index in [4.69, 9.17) is 16.3 Å². The molecule has 1 fully saturated rings. The Labute approximate surface area is 130 Å². The van der Waals surface area contributed by atoms with Crippen molar-refractivity contribution in [3.05, 3.63) is 28.8 Å². The number of nitrogens with one attached hydrogen (secondary N) is 1. The first-order chi connectivity index (χ1) is 9.76. The van der Waals surface area contributed by atoms with Gasteiger partial charge in [-0.05, 0) is 57.7 Å². The van der Waals surface area contributed by atoms with Gasteiger partial charge in [0.2, 0.25) is 0 Å². The van der Waals surface area contributed by atoms with Crippen molar-refractivity contribution in [2.75, 3.05) is 5.32 Å². The first kappa shape index (κ1) is 15.7. The normalized spacial score (nSPS) is 16.5. The van der Waals surface area contributed by atoms with Crippen molar-refractivity contribution in [2.45, 2.75) is 51.0 Å². The van der Waals surface area contributed by atoms with Crippen LogP contribution in [0, 0.1) is 11.3 Å². The summed E-state index contributed by atoms with van der Waals surface area (Å²) < 4.78 is 5.19. The minimum Gasteiger partial charge on any atom is -0.444 e. The Kier molecular flexibility index (Phi) is 4.15. The van der Waals surface area contributed by atoms with Crippen LogP contribution in [-0.4, -0.2) is 11.7 Å². The van der Waals surface area contributed by atoms with Crippen molar-refractivity contribution >= 4 is 23.4 Å². The zero-order valence-corrected chi connectivity index (χ0v) is 13.3. The Bertz CT molecular complexity index is 595. The molecule has 5 heteroatoms. The predicted octanol–water partition coefficient (Wildman–Crippen LogP) is 4.63. The summed E-state index contributed by atoms with van der Waals surface area (Å²) in [6, 6.07) is 7.60. The number of hydrogen-bond donors (Lipinski definition) is 1. The molecule has 1 saturated carbocycles. The van der Waals surface area contributed by atoms with Crippen LogP contribution in [0.3, 0.4) is 0 Å². The molecule has 4 nitrogen and oxygen atoms in total. The van der Waals surface area contributed by atoms with Crippen LogP contribution in [0.5, 0.6) is 0 Å². The molecule has 1 N–H and O–H groups in total. The van der Waals surface area contributed by atoms with Gasteiger partial charge >= 0.3 is 6.09 Å². The number of nitriles is 1. The quantitative estimate of drug-likeness (QED) is 0.866. The number of nitrogens with zero attached hydrogens (tertiary/aromatic N) is 1. The third kappa shape index (κ3) is 3.48. The van der Waals surface area contributed by atoms with Crippen LogP contribution < -0.4 is 5.32 Å². The molecular weight excluding hydrogens is 288 g/mol. The molecule has 1 aliphatic carbocycles. The molecule has 21 heavy (non-hydrogen) atoms. The van der Waals surface area contributed by atoms with Crippen LogP contribution >= 0.6 is 11.6 Å². The first-order valence-corrected chi connectivity index (χ1v) is 7.35. The lowest BCUT2D eigenvalue weighted by Crippen LogP contribution is -2.32. The van der Waals surface area contributed by atoms with E-state index in [1.165, 1.54) is 0 Å². The fraction of sp³-hybridized carbons (Fsp3) is 0.500.